The molecule has 2 aliphatic rings. The molecule has 2 rings (SSSR count). The van der Waals surface area contributed by atoms with E-state index in [1.165, 1.54) is 19.3 Å². The van der Waals surface area contributed by atoms with Gasteiger partial charge in [-0.2, -0.15) is 0 Å². The van der Waals surface area contributed by atoms with Gasteiger partial charge in [0.1, 0.15) is 11.9 Å². The van der Waals surface area contributed by atoms with Crippen molar-refractivity contribution in [1.82, 2.24) is 0 Å². The Morgan fingerprint density at radius 1 is 1.55 bits per heavy atom. The standard InChI is InChI=1S/C9H14O2/c10-9(7-3-1-4-7)8-5-2-6-11-8/h5,7,9-10H,1-4,6H2. The van der Waals surface area contributed by atoms with Gasteiger partial charge in [0.25, 0.3) is 0 Å². The molecule has 0 radical (unpaired) electrons. The second-order valence-electron chi connectivity index (χ2n) is 3.38. The highest BCUT2D eigenvalue weighted by molar-refractivity contribution is 5.06. The van der Waals surface area contributed by atoms with Gasteiger partial charge in [-0.25, -0.2) is 0 Å². The minimum atomic E-state index is -0.300. The minimum Gasteiger partial charge on any atom is -0.495 e. The van der Waals surface area contributed by atoms with Crippen LogP contribution in [0.5, 0.6) is 0 Å². The number of hydrogen-bond acceptors (Lipinski definition) is 2. The second kappa shape index (κ2) is 2.86. The average Bonchev–Trinajstić information content (AvgIpc) is 2.32. The maximum atomic E-state index is 9.68. The first kappa shape index (κ1) is 7.17. The molecule has 1 atom stereocenters. The predicted octanol–water partition coefficient (Wildman–Crippen LogP) is 1.45. The van der Waals surface area contributed by atoms with Crippen LogP contribution in [-0.4, -0.2) is 17.8 Å². The molecule has 62 valence electrons. The lowest BCUT2D eigenvalue weighted by Gasteiger charge is -2.30. The molecule has 11 heavy (non-hydrogen) atoms. The fraction of sp³-hybridized carbons (Fsp3) is 0.778. The van der Waals surface area contributed by atoms with Crippen LogP contribution in [0.25, 0.3) is 0 Å². The molecule has 1 aliphatic heterocycles. The molecule has 0 aromatic rings. The average molecular weight is 154 g/mol. The maximum Gasteiger partial charge on any atom is 0.121 e. The fourth-order valence-electron chi connectivity index (χ4n) is 1.63. The zero-order valence-electron chi connectivity index (χ0n) is 6.62. The van der Waals surface area contributed by atoms with E-state index in [0.717, 1.165) is 18.8 Å². The Bertz CT molecular complexity index is 170. The number of rotatable bonds is 2. The van der Waals surface area contributed by atoms with Crippen LogP contribution < -0.4 is 0 Å². The third-order valence-corrected chi connectivity index (χ3v) is 2.62. The Kier molecular flexibility index (Phi) is 1.86. The molecule has 0 saturated heterocycles. The van der Waals surface area contributed by atoms with Gasteiger partial charge in [0.2, 0.25) is 0 Å². The van der Waals surface area contributed by atoms with Crippen molar-refractivity contribution < 1.29 is 9.84 Å². The predicted molar refractivity (Wildman–Crippen MR) is 42.0 cm³/mol. The van der Waals surface area contributed by atoms with Crippen molar-refractivity contribution in [2.45, 2.75) is 31.8 Å². The van der Waals surface area contributed by atoms with E-state index in [2.05, 4.69) is 0 Å². The molecule has 1 heterocycles. The van der Waals surface area contributed by atoms with Crippen LogP contribution in [-0.2, 0) is 4.74 Å². The van der Waals surface area contributed by atoms with E-state index >= 15 is 0 Å². The summed E-state index contributed by atoms with van der Waals surface area (Å²) in [5, 5.41) is 9.68. The zero-order chi connectivity index (χ0) is 7.68. The summed E-state index contributed by atoms with van der Waals surface area (Å²) in [5.74, 6) is 1.31. The van der Waals surface area contributed by atoms with Crippen molar-refractivity contribution in [3.05, 3.63) is 11.8 Å². The summed E-state index contributed by atoms with van der Waals surface area (Å²) >= 11 is 0. The number of ether oxygens (including phenoxy) is 1. The molecule has 1 aliphatic carbocycles. The molecular formula is C9H14O2. The van der Waals surface area contributed by atoms with Gasteiger partial charge in [-0.05, 0) is 24.8 Å². The van der Waals surface area contributed by atoms with Crippen LogP contribution in [0.4, 0.5) is 0 Å². The van der Waals surface area contributed by atoms with Crippen molar-refractivity contribution >= 4 is 0 Å². The Morgan fingerprint density at radius 2 is 2.36 bits per heavy atom. The third kappa shape index (κ3) is 1.27. The molecule has 0 bridgehead atoms. The Morgan fingerprint density at radius 3 is 2.82 bits per heavy atom. The van der Waals surface area contributed by atoms with Crippen molar-refractivity contribution in [2.75, 3.05) is 6.61 Å². The third-order valence-electron chi connectivity index (χ3n) is 2.62. The minimum absolute atomic E-state index is 0.300. The highest BCUT2D eigenvalue weighted by Gasteiger charge is 2.30. The van der Waals surface area contributed by atoms with Crippen molar-refractivity contribution in [3.63, 3.8) is 0 Å². The Labute approximate surface area is 66.9 Å². The molecule has 1 saturated carbocycles. The van der Waals surface area contributed by atoms with Gasteiger partial charge in [0, 0.05) is 6.42 Å². The lowest BCUT2D eigenvalue weighted by Crippen LogP contribution is -2.28. The molecule has 0 aromatic carbocycles. The summed E-state index contributed by atoms with van der Waals surface area (Å²) in [6.45, 7) is 0.763. The Balaban J connectivity index is 1.92. The first-order valence-electron chi connectivity index (χ1n) is 4.39. The number of hydrogen-bond donors (Lipinski definition) is 1. The molecule has 2 nitrogen and oxygen atoms in total. The van der Waals surface area contributed by atoms with Gasteiger partial charge >= 0.3 is 0 Å². The highest BCUT2D eigenvalue weighted by Crippen LogP contribution is 2.33. The van der Waals surface area contributed by atoms with E-state index in [1.54, 1.807) is 0 Å². The molecular weight excluding hydrogens is 140 g/mol. The van der Waals surface area contributed by atoms with Crippen LogP contribution in [0.2, 0.25) is 0 Å². The number of aliphatic hydroxyl groups excluding tert-OH is 1. The lowest BCUT2D eigenvalue weighted by atomic mass is 9.80. The van der Waals surface area contributed by atoms with Crippen molar-refractivity contribution in [3.8, 4) is 0 Å². The topological polar surface area (TPSA) is 29.5 Å². The monoisotopic (exact) mass is 154 g/mol. The van der Waals surface area contributed by atoms with E-state index in [4.69, 9.17) is 4.74 Å². The van der Waals surface area contributed by atoms with E-state index in [0.29, 0.717) is 5.92 Å². The summed E-state index contributed by atoms with van der Waals surface area (Å²) < 4.78 is 5.28. The Hall–Kier alpha value is -0.500. The number of aliphatic hydroxyl groups is 1. The SMILES string of the molecule is OC(C1=CCCO1)C1CCC1. The van der Waals surface area contributed by atoms with E-state index in [9.17, 15) is 5.11 Å². The molecule has 0 aromatic heterocycles. The van der Waals surface area contributed by atoms with Crippen LogP contribution in [0.1, 0.15) is 25.7 Å². The van der Waals surface area contributed by atoms with E-state index in [-0.39, 0.29) is 6.10 Å². The molecule has 0 spiro atoms. The molecule has 0 amide bonds. The van der Waals surface area contributed by atoms with Gasteiger partial charge < -0.3 is 9.84 Å². The van der Waals surface area contributed by atoms with Gasteiger partial charge in [0.05, 0.1) is 6.61 Å². The summed E-state index contributed by atoms with van der Waals surface area (Å²) in [6, 6.07) is 0. The van der Waals surface area contributed by atoms with Gasteiger partial charge in [-0.1, -0.05) is 6.42 Å². The smallest absolute Gasteiger partial charge is 0.121 e. The van der Waals surface area contributed by atoms with Gasteiger partial charge in [-0.3, -0.25) is 0 Å². The molecule has 2 heteroatoms. The van der Waals surface area contributed by atoms with Crippen LogP contribution in [0.3, 0.4) is 0 Å². The largest absolute Gasteiger partial charge is 0.495 e. The molecule has 1 fully saturated rings. The zero-order valence-corrected chi connectivity index (χ0v) is 6.62. The van der Waals surface area contributed by atoms with Gasteiger partial charge in [0.15, 0.2) is 0 Å². The van der Waals surface area contributed by atoms with Crippen LogP contribution in [0.15, 0.2) is 11.8 Å². The molecule has 1 N–H and O–H groups in total. The quantitative estimate of drug-likeness (QED) is 0.652. The second-order valence-corrected chi connectivity index (χ2v) is 3.38. The first-order chi connectivity index (χ1) is 5.38. The first-order valence-corrected chi connectivity index (χ1v) is 4.39. The highest BCUT2D eigenvalue weighted by atomic mass is 16.5. The molecule has 1 unspecified atom stereocenters. The lowest BCUT2D eigenvalue weighted by molar-refractivity contribution is 0.0421. The summed E-state index contributed by atoms with van der Waals surface area (Å²) in [7, 11) is 0. The van der Waals surface area contributed by atoms with Crippen molar-refractivity contribution in [1.29, 1.82) is 0 Å². The normalized spacial score (nSPS) is 27.2. The summed E-state index contributed by atoms with van der Waals surface area (Å²) in [4.78, 5) is 0. The fourth-order valence-corrected chi connectivity index (χ4v) is 1.63. The van der Waals surface area contributed by atoms with Crippen LogP contribution >= 0.6 is 0 Å². The summed E-state index contributed by atoms with van der Waals surface area (Å²) in [6.07, 6.45) is 6.30. The van der Waals surface area contributed by atoms with Crippen molar-refractivity contribution in [2.24, 2.45) is 5.92 Å². The van der Waals surface area contributed by atoms with Crippen LogP contribution in [0, 0.1) is 5.92 Å². The summed E-state index contributed by atoms with van der Waals surface area (Å²) in [5.41, 5.74) is 0. The maximum absolute atomic E-state index is 9.68. The van der Waals surface area contributed by atoms with Gasteiger partial charge in [-0.15, -0.1) is 0 Å². The van der Waals surface area contributed by atoms with E-state index in [1.807, 2.05) is 6.08 Å². The van der Waals surface area contributed by atoms with E-state index < -0.39 is 0 Å².